The molecule has 0 saturated carbocycles. The van der Waals surface area contributed by atoms with Crippen molar-refractivity contribution >= 4 is 22.9 Å². The number of phenols is 1. The van der Waals surface area contributed by atoms with E-state index in [1.165, 1.54) is 12.1 Å². The smallest absolute Gasteiger partial charge is 0.311 e. The monoisotopic (exact) mass is 268 g/mol. The maximum Gasteiger partial charge on any atom is 0.311 e. The average molecular weight is 268 g/mol. The lowest BCUT2D eigenvalue weighted by molar-refractivity contribution is -0.385. The van der Waals surface area contributed by atoms with E-state index < -0.39 is 4.92 Å². The van der Waals surface area contributed by atoms with Crippen molar-refractivity contribution in [2.75, 3.05) is 26.3 Å². The highest BCUT2D eigenvalue weighted by atomic mass is 32.1. The number of nitro groups is 1. The molecule has 0 unspecified atom stereocenters. The SMILES string of the molecule is O=[N+]([O-])c1cc(C(=S)N2CCOCC2)ccc1O. The molecule has 0 radical (unpaired) electrons. The van der Waals surface area contributed by atoms with E-state index in [-0.39, 0.29) is 11.4 Å². The van der Waals surface area contributed by atoms with E-state index in [1.54, 1.807) is 6.07 Å². The van der Waals surface area contributed by atoms with Gasteiger partial charge in [0.15, 0.2) is 5.75 Å². The Hall–Kier alpha value is -1.73. The van der Waals surface area contributed by atoms with Crippen LogP contribution in [0.5, 0.6) is 5.75 Å². The quantitative estimate of drug-likeness (QED) is 0.495. The fourth-order valence-corrected chi connectivity index (χ4v) is 2.06. The summed E-state index contributed by atoms with van der Waals surface area (Å²) >= 11 is 5.30. The summed E-state index contributed by atoms with van der Waals surface area (Å²) in [5, 5.41) is 20.1. The molecule has 0 amide bonds. The van der Waals surface area contributed by atoms with Gasteiger partial charge in [0, 0.05) is 24.7 Å². The van der Waals surface area contributed by atoms with Gasteiger partial charge in [-0.05, 0) is 12.1 Å². The third-order valence-corrected chi connectivity index (χ3v) is 3.21. The van der Waals surface area contributed by atoms with Crippen LogP contribution in [0.25, 0.3) is 0 Å². The van der Waals surface area contributed by atoms with Crippen molar-refractivity contribution in [3.63, 3.8) is 0 Å². The Kier molecular flexibility index (Phi) is 3.73. The van der Waals surface area contributed by atoms with Gasteiger partial charge in [-0.3, -0.25) is 10.1 Å². The summed E-state index contributed by atoms with van der Waals surface area (Å²) in [7, 11) is 0. The van der Waals surface area contributed by atoms with Gasteiger partial charge < -0.3 is 14.7 Å². The summed E-state index contributed by atoms with van der Waals surface area (Å²) in [6.07, 6.45) is 0. The second-order valence-electron chi connectivity index (χ2n) is 3.87. The van der Waals surface area contributed by atoms with Crippen molar-refractivity contribution in [1.29, 1.82) is 0 Å². The lowest BCUT2D eigenvalue weighted by atomic mass is 10.1. The predicted molar refractivity (Wildman–Crippen MR) is 68.9 cm³/mol. The molecule has 96 valence electrons. The largest absolute Gasteiger partial charge is 0.502 e. The number of phenolic OH excluding ortho intramolecular Hbond substituents is 1. The normalized spacial score (nSPS) is 15.4. The van der Waals surface area contributed by atoms with E-state index in [4.69, 9.17) is 17.0 Å². The molecule has 0 aromatic heterocycles. The molecule has 7 heteroatoms. The van der Waals surface area contributed by atoms with Crippen molar-refractivity contribution in [2.24, 2.45) is 0 Å². The van der Waals surface area contributed by atoms with Crippen molar-refractivity contribution in [1.82, 2.24) is 4.90 Å². The van der Waals surface area contributed by atoms with Gasteiger partial charge in [-0.15, -0.1) is 0 Å². The molecule has 0 atom stereocenters. The van der Waals surface area contributed by atoms with E-state index >= 15 is 0 Å². The number of hydrogen-bond donors (Lipinski definition) is 1. The highest BCUT2D eigenvalue weighted by Crippen LogP contribution is 2.27. The zero-order valence-electron chi connectivity index (χ0n) is 9.54. The molecule has 1 fully saturated rings. The predicted octanol–water partition coefficient (Wildman–Crippen LogP) is 1.31. The molecule has 18 heavy (non-hydrogen) atoms. The van der Waals surface area contributed by atoms with Gasteiger partial charge in [0.05, 0.1) is 18.1 Å². The zero-order valence-corrected chi connectivity index (χ0v) is 10.4. The zero-order chi connectivity index (χ0) is 13.1. The summed E-state index contributed by atoms with van der Waals surface area (Å²) in [6.45, 7) is 2.54. The minimum absolute atomic E-state index is 0.330. The number of benzene rings is 1. The molecule has 0 bridgehead atoms. The number of rotatable bonds is 2. The lowest BCUT2D eigenvalue weighted by Crippen LogP contribution is -2.40. The van der Waals surface area contributed by atoms with Crippen LogP contribution in [-0.4, -0.2) is 46.2 Å². The van der Waals surface area contributed by atoms with Gasteiger partial charge in [-0.1, -0.05) is 12.2 Å². The minimum atomic E-state index is -0.624. The lowest BCUT2D eigenvalue weighted by Gasteiger charge is -2.29. The Balaban J connectivity index is 2.24. The standard InChI is InChI=1S/C11H12N2O4S/c14-10-2-1-8(7-9(10)13(15)16)11(18)12-3-5-17-6-4-12/h1-2,7,14H,3-6H2. The Morgan fingerprint density at radius 2 is 2.11 bits per heavy atom. The Morgan fingerprint density at radius 1 is 1.44 bits per heavy atom. The first-order valence-corrected chi connectivity index (χ1v) is 5.85. The molecule has 6 nitrogen and oxygen atoms in total. The molecule has 1 aliphatic rings. The van der Waals surface area contributed by atoms with Crippen LogP contribution in [0.15, 0.2) is 18.2 Å². The highest BCUT2D eigenvalue weighted by Gasteiger charge is 2.19. The van der Waals surface area contributed by atoms with Crippen molar-refractivity contribution < 1.29 is 14.8 Å². The molecule has 1 N–H and O–H groups in total. The number of nitrogens with zero attached hydrogens (tertiary/aromatic N) is 2. The van der Waals surface area contributed by atoms with Crippen LogP contribution in [0.2, 0.25) is 0 Å². The molecule has 0 spiro atoms. The first kappa shape index (κ1) is 12.7. The van der Waals surface area contributed by atoms with Gasteiger partial charge in [0.25, 0.3) is 0 Å². The van der Waals surface area contributed by atoms with Crippen LogP contribution in [0, 0.1) is 10.1 Å². The van der Waals surface area contributed by atoms with Crippen molar-refractivity contribution in [3.05, 3.63) is 33.9 Å². The van der Waals surface area contributed by atoms with E-state index in [9.17, 15) is 15.2 Å². The van der Waals surface area contributed by atoms with E-state index in [0.29, 0.717) is 36.9 Å². The fourth-order valence-electron chi connectivity index (χ4n) is 1.75. The van der Waals surface area contributed by atoms with E-state index in [1.807, 2.05) is 4.90 Å². The highest BCUT2D eigenvalue weighted by molar-refractivity contribution is 7.80. The number of hydrogen-bond acceptors (Lipinski definition) is 5. The van der Waals surface area contributed by atoms with Crippen LogP contribution in [0.3, 0.4) is 0 Å². The minimum Gasteiger partial charge on any atom is -0.502 e. The molecular formula is C11H12N2O4S. The molecule has 1 aromatic carbocycles. The summed E-state index contributed by atoms with van der Waals surface area (Å²) in [4.78, 5) is 12.6. The first-order valence-electron chi connectivity index (χ1n) is 5.44. The van der Waals surface area contributed by atoms with Crippen molar-refractivity contribution in [2.45, 2.75) is 0 Å². The molecule has 1 aliphatic heterocycles. The van der Waals surface area contributed by atoms with E-state index in [0.717, 1.165) is 0 Å². The molecule has 2 rings (SSSR count). The summed E-state index contributed by atoms with van der Waals surface area (Å²) in [5.74, 6) is -0.353. The second kappa shape index (κ2) is 5.28. The van der Waals surface area contributed by atoms with Gasteiger partial charge in [-0.25, -0.2) is 0 Å². The van der Waals surface area contributed by atoms with Gasteiger partial charge in [-0.2, -0.15) is 0 Å². The Morgan fingerprint density at radius 3 is 2.72 bits per heavy atom. The second-order valence-corrected chi connectivity index (χ2v) is 4.25. The van der Waals surface area contributed by atoms with Crippen LogP contribution in [-0.2, 0) is 4.74 Å². The van der Waals surface area contributed by atoms with Gasteiger partial charge in [0.2, 0.25) is 0 Å². The summed E-state index contributed by atoms with van der Waals surface area (Å²) in [5.41, 5.74) is 0.236. The van der Waals surface area contributed by atoms with Gasteiger partial charge in [0.1, 0.15) is 4.99 Å². The topological polar surface area (TPSA) is 75.8 Å². The molecular weight excluding hydrogens is 256 g/mol. The Labute approximate surface area is 109 Å². The molecule has 1 saturated heterocycles. The van der Waals surface area contributed by atoms with Crippen molar-refractivity contribution in [3.8, 4) is 5.75 Å². The van der Waals surface area contributed by atoms with E-state index in [2.05, 4.69) is 0 Å². The molecule has 1 heterocycles. The van der Waals surface area contributed by atoms with Crippen LogP contribution >= 0.6 is 12.2 Å². The number of morpholine rings is 1. The summed E-state index contributed by atoms with van der Waals surface area (Å²) < 4.78 is 5.22. The maximum atomic E-state index is 10.7. The van der Waals surface area contributed by atoms with Crippen LogP contribution < -0.4 is 0 Å². The third-order valence-electron chi connectivity index (χ3n) is 2.72. The fraction of sp³-hybridized carbons (Fsp3) is 0.364. The van der Waals surface area contributed by atoms with Crippen LogP contribution in [0.1, 0.15) is 5.56 Å². The number of nitro benzene ring substituents is 1. The molecule has 0 aliphatic carbocycles. The first-order chi connectivity index (χ1) is 8.59. The number of ether oxygens (including phenoxy) is 1. The number of thiocarbonyl (C=S) groups is 1. The molecule has 1 aromatic rings. The van der Waals surface area contributed by atoms with Crippen LogP contribution in [0.4, 0.5) is 5.69 Å². The third kappa shape index (κ3) is 2.57. The average Bonchev–Trinajstić information content (AvgIpc) is 2.39. The summed E-state index contributed by atoms with van der Waals surface area (Å²) in [6, 6.07) is 4.17. The Bertz CT molecular complexity index is 486. The van der Waals surface area contributed by atoms with Gasteiger partial charge >= 0.3 is 5.69 Å². The maximum absolute atomic E-state index is 10.7. The number of aromatic hydroxyl groups is 1.